The molecular formula is C19H18N4O3. The first-order valence-electron chi connectivity index (χ1n) is 8.35. The number of nitrogens with zero attached hydrogens (tertiary/aromatic N) is 4. The minimum absolute atomic E-state index is 0.0660. The summed E-state index contributed by atoms with van der Waals surface area (Å²) < 4.78 is 10.4. The molecule has 0 saturated carbocycles. The topological polar surface area (TPSA) is 81.4 Å². The summed E-state index contributed by atoms with van der Waals surface area (Å²) in [7, 11) is 1.56. The molecule has 0 bridgehead atoms. The number of pyridine rings is 1. The van der Waals surface area contributed by atoms with Gasteiger partial charge in [-0.05, 0) is 25.1 Å². The number of aryl methyl sites for hydroxylation is 1. The molecule has 3 aromatic rings. The number of anilines is 1. The summed E-state index contributed by atoms with van der Waals surface area (Å²) in [6.45, 7) is 2.56. The number of ether oxygens (including phenoxy) is 1. The highest BCUT2D eigenvalue weighted by atomic mass is 16.5. The Bertz CT molecular complexity index is 919. The monoisotopic (exact) mass is 350 g/mol. The number of hydrogen-bond donors (Lipinski definition) is 0. The molecule has 0 spiro atoms. The quantitative estimate of drug-likeness (QED) is 0.719. The van der Waals surface area contributed by atoms with Gasteiger partial charge in [-0.2, -0.15) is 4.98 Å². The largest absolute Gasteiger partial charge is 0.481 e. The molecule has 1 aliphatic rings. The third-order valence-corrected chi connectivity index (χ3v) is 4.47. The van der Waals surface area contributed by atoms with Crippen LogP contribution in [0.2, 0.25) is 0 Å². The molecule has 0 aliphatic carbocycles. The highest BCUT2D eigenvalue weighted by Crippen LogP contribution is 2.31. The van der Waals surface area contributed by atoms with Crippen molar-refractivity contribution < 1.29 is 14.1 Å². The summed E-state index contributed by atoms with van der Waals surface area (Å²) in [5.74, 6) is 1.42. The summed E-state index contributed by atoms with van der Waals surface area (Å²) in [5, 5.41) is 4.07. The maximum absolute atomic E-state index is 12.4. The zero-order valence-corrected chi connectivity index (χ0v) is 14.5. The van der Waals surface area contributed by atoms with Gasteiger partial charge in [-0.1, -0.05) is 22.9 Å². The number of hydrogen-bond acceptors (Lipinski definition) is 6. The number of aromatic nitrogens is 3. The van der Waals surface area contributed by atoms with Crippen LogP contribution >= 0.6 is 0 Å². The number of rotatable bonds is 4. The van der Waals surface area contributed by atoms with Crippen molar-refractivity contribution in [3.05, 3.63) is 54.0 Å². The molecule has 1 aromatic carbocycles. The van der Waals surface area contributed by atoms with Crippen LogP contribution in [0.25, 0.3) is 11.5 Å². The minimum atomic E-state index is -0.0903. The summed E-state index contributed by atoms with van der Waals surface area (Å²) in [4.78, 5) is 22.8. The van der Waals surface area contributed by atoms with Gasteiger partial charge >= 0.3 is 0 Å². The SMILES string of the molecule is COc1ccc(-c2nc(C3CC(=O)N(c4ccc(C)cc4)C3)no2)cn1. The number of carbonyl (C=O) groups is 1. The van der Waals surface area contributed by atoms with Crippen LogP contribution < -0.4 is 9.64 Å². The maximum atomic E-state index is 12.4. The van der Waals surface area contributed by atoms with Crippen LogP contribution in [0.3, 0.4) is 0 Å². The molecule has 1 unspecified atom stereocenters. The average molecular weight is 350 g/mol. The van der Waals surface area contributed by atoms with Crippen molar-refractivity contribution in [3.8, 4) is 17.3 Å². The number of benzene rings is 1. The van der Waals surface area contributed by atoms with Gasteiger partial charge in [0.1, 0.15) is 0 Å². The lowest BCUT2D eigenvalue weighted by atomic mass is 10.1. The highest BCUT2D eigenvalue weighted by Gasteiger charge is 2.34. The van der Waals surface area contributed by atoms with E-state index in [0.29, 0.717) is 36.1 Å². The summed E-state index contributed by atoms with van der Waals surface area (Å²) in [6.07, 6.45) is 1.99. The van der Waals surface area contributed by atoms with Crippen molar-refractivity contribution in [1.29, 1.82) is 0 Å². The fraction of sp³-hybridized carbons (Fsp3) is 0.263. The molecule has 1 amide bonds. The lowest BCUT2D eigenvalue weighted by Gasteiger charge is -2.16. The number of amides is 1. The van der Waals surface area contributed by atoms with Crippen molar-refractivity contribution >= 4 is 11.6 Å². The van der Waals surface area contributed by atoms with E-state index >= 15 is 0 Å². The van der Waals surface area contributed by atoms with Crippen LogP contribution in [-0.4, -0.2) is 34.7 Å². The fourth-order valence-corrected chi connectivity index (χ4v) is 3.00. The Morgan fingerprint density at radius 2 is 2.00 bits per heavy atom. The van der Waals surface area contributed by atoms with Crippen molar-refractivity contribution in [3.63, 3.8) is 0 Å². The first kappa shape index (κ1) is 16.3. The number of methoxy groups -OCH3 is 1. The van der Waals surface area contributed by atoms with Gasteiger partial charge in [0, 0.05) is 36.8 Å². The third kappa shape index (κ3) is 3.03. The van der Waals surface area contributed by atoms with Gasteiger partial charge in [0.05, 0.1) is 12.7 Å². The zero-order chi connectivity index (χ0) is 18.1. The van der Waals surface area contributed by atoms with E-state index in [9.17, 15) is 4.79 Å². The molecule has 7 heteroatoms. The third-order valence-electron chi connectivity index (χ3n) is 4.47. The molecule has 2 aromatic heterocycles. The highest BCUT2D eigenvalue weighted by molar-refractivity contribution is 5.96. The fourth-order valence-electron chi connectivity index (χ4n) is 3.00. The predicted molar refractivity (Wildman–Crippen MR) is 95.0 cm³/mol. The summed E-state index contributed by atoms with van der Waals surface area (Å²) >= 11 is 0. The van der Waals surface area contributed by atoms with Crippen molar-refractivity contribution in [1.82, 2.24) is 15.1 Å². The van der Waals surface area contributed by atoms with Crippen molar-refractivity contribution in [2.45, 2.75) is 19.3 Å². The Morgan fingerprint density at radius 1 is 1.19 bits per heavy atom. The normalized spacial score (nSPS) is 16.9. The Hall–Kier alpha value is -3.22. The van der Waals surface area contributed by atoms with E-state index in [2.05, 4.69) is 15.1 Å². The van der Waals surface area contributed by atoms with Crippen LogP contribution in [0.4, 0.5) is 5.69 Å². The van der Waals surface area contributed by atoms with Crippen molar-refractivity contribution in [2.75, 3.05) is 18.6 Å². The molecule has 0 radical (unpaired) electrons. The maximum Gasteiger partial charge on any atom is 0.259 e. The Labute approximate surface area is 150 Å². The molecule has 1 saturated heterocycles. The molecule has 1 atom stereocenters. The zero-order valence-electron chi connectivity index (χ0n) is 14.5. The molecule has 3 heterocycles. The van der Waals surface area contributed by atoms with E-state index in [0.717, 1.165) is 11.3 Å². The molecule has 0 N–H and O–H groups in total. The van der Waals surface area contributed by atoms with Crippen LogP contribution in [0.15, 0.2) is 47.1 Å². The second-order valence-electron chi connectivity index (χ2n) is 6.29. The molecule has 1 fully saturated rings. The van der Waals surface area contributed by atoms with Crippen LogP contribution in [0.1, 0.15) is 23.7 Å². The van der Waals surface area contributed by atoms with Gasteiger partial charge in [-0.15, -0.1) is 0 Å². The second-order valence-corrected chi connectivity index (χ2v) is 6.29. The van der Waals surface area contributed by atoms with Gasteiger partial charge in [-0.3, -0.25) is 4.79 Å². The second kappa shape index (κ2) is 6.59. The number of carbonyl (C=O) groups excluding carboxylic acids is 1. The lowest BCUT2D eigenvalue weighted by molar-refractivity contribution is -0.117. The summed E-state index contributed by atoms with van der Waals surface area (Å²) in [5.41, 5.74) is 2.77. The van der Waals surface area contributed by atoms with Gasteiger partial charge in [0.15, 0.2) is 5.82 Å². The Morgan fingerprint density at radius 3 is 2.69 bits per heavy atom. The predicted octanol–water partition coefficient (Wildman–Crippen LogP) is 2.97. The molecular weight excluding hydrogens is 332 g/mol. The van der Waals surface area contributed by atoms with E-state index in [4.69, 9.17) is 9.26 Å². The molecule has 1 aliphatic heterocycles. The molecule has 132 valence electrons. The lowest BCUT2D eigenvalue weighted by Crippen LogP contribution is -2.24. The Balaban J connectivity index is 1.52. The van der Waals surface area contributed by atoms with E-state index in [-0.39, 0.29) is 11.8 Å². The standard InChI is InChI=1S/C19H18N4O3/c1-12-3-6-15(7-4-12)23-11-14(9-17(23)24)18-21-19(26-22-18)13-5-8-16(25-2)20-10-13/h3-8,10,14H,9,11H2,1-2H3. The van der Waals surface area contributed by atoms with Gasteiger partial charge in [0.2, 0.25) is 11.8 Å². The molecule has 4 rings (SSSR count). The smallest absolute Gasteiger partial charge is 0.259 e. The molecule has 7 nitrogen and oxygen atoms in total. The van der Waals surface area contributed by atoms with E-state index < -0.39 is 0 Å². The minimum Gasteiger partial charge on any atom is -0.481 e. The first-order chi connectivity index (χ1) is 12.6. The Kier molecular flexibility index (Phi) is 4.12. The first-order valence-corrected chi connectivity index (χ1v) is 8.35. The van der Waals surface area contributed by atoms with Crippen LogP contribution in [0.5, 0.6) is 5.88 Å². The van der Waals surface area contributed by atoms with E-state index in [1.807, 2.05) is 37.3 Å². The van der Waals surface area contributed by atoms with Gasteiger partial charge in [-0.25, -0.2) is 4.98 Å². The molecule has 26 heavy (non-hydrogen) atoms. The van der Waals surface area contributed by atoms with Gasteiger partial charge < -0.3 is 14.2 Å². The summed E-state index contributed by atoms with van der Waals surface area (Å²) in [6, 6.07) is 11.5. The van der Waals surface area contributed by atoms with E-state index in [1.54, 1.807) is 24.3 Å². The van der Waals surface area contributed by atoms with Gasteiger partial charge in [0.25, 0.3) is 5.89 Å². The van der Waals surface area contributed by atoms with Crippen molar-refractivity contribution in [2.24, 2.45) is 0 Å². The average Bonchev–Trinajstić information content (AvgIpc) is 3.29. The van der Waals surface area contributed by atoms with Crippen LogP contribution in [-0.2, 0) is 4.79 Å². The van der Waals surface area contributed by atoms with Crippen LogP contribution in [0, 0.1) is 6.92 Å². The van der Waals surface area contributed by atoms with E-state index in [1.165, 1.54) is 0 Å².